The van der Waals surface area contributed by atoms with Gasteiger partial charge in [-0.3, -0.25) is 4.79 Å². The van der Waals surface area contributed by atoms with Crippen LogP contribution in [0.3, 0.4) is 0 Å². The van der Waals surface area contributed by atoms with Crippen molar-refractivity contribution in [3.05, 3.63) is 82.5 Å². The summed E-state index contributed by atoms with van der Waals surface area (Å²) in [5.74, 6) is 0.505. The molecular weight excluding hydrogens is 614 g/mol. The van der Waals surface area contributed by atoms with Crippen molar-refractivity contribution in [2.24, 2.45) is 0 Å². The average Bonchev–Trinajstić information content (AvgIpc) is 3.47. The number of amides is 1. The maximum atomic E-state index is 13.1. The largest absolute Gasteiger partial charge is 0.508 e. The SMILES string of the molecule is CC[Si](OC(CNC(C)Cc1ccc2[nH]c(C(=O)NCc3c(OC)ccc(O)c3OC)cc2c1)c1ccc(O)c(CO)c1)C(C)(C)C. The number of aliphatic hydroxyl groups is 1. The van der Waals surface area contributed by atoms with Crippen LogP contribution in [-0.4, -0.2) is 62.1 Å². The highest BCUT2D eigenvalue weighted by Gasteiger charge is 2.31. The Hall–Kier alpha value is -4.03. The molecule has 0 spiro atoms. The number of ether oxygens (including phenoxy) is 2. The van der Waals surface area contributed by atoms with Gasteiger partial charge in [0, 0.05) is 29.1 Å². The number of hydrogen-bond acceptors (Lipinski definition) is 8. The number of phenolic OH excluding ortho intramolecular Hbond substituents is 1. The van der Waals surface area contributed by atoms with Crippen LogP contribution in [0.2, 0.25) is 11.1 Å². The molecular formula is C36H48N3O7Si. The Balaban J connectivity index is 1.43. The Bertz CT molecular complexity index is 1670. The highest BCUT2D eigenvalue weighted by molar-refractivity contribution is 6.55. The third kappa shape index (κ3) is 8.86. The van der Waals surface area contributed by atoms with Crippen molar-refractivity contribution in [1.29, 1.82) is 0 Å². The molecule has 2 unspecified atom stereocenters. The number of rotatable bonds is 15. The molecule has 2 atom stereocenters. The molecule has 1 radical (unpaired) electrons. The monoisotopic (exact) mass is 662 g/mol. The number of methoxy groups -OCH3 is 2. The molecule has 4 rings (SSSR count). The van der Waals surface area contributed by atoms with Crippen molar-refractivity contribution >= 4 is 25.9 Å². The molecule has 0 aliphatic heterocycles. The fourth-order valence-corrected chi connectivity index (χ4v) is 7.88. The number of fused-ring (bicyclic) bond motifs is 1. The second kappa shape index (κ2) is 15.7. The molecule has 3 aromatic carbocycles. The first-order valence-electron chi connectivity index (χ1n) is 15.9. The summed E-state index contributed by atoms with van der Waals surface area (Å²) < 4.78 is 17.5. The molecule has 1 amide bonds. The van der Waals surface area contributed by atoms with E-state index in [9.17, 15) is 20.1 Å². The van der Waals surface area contributed by atoms with Crippen molar-refractivity contribution in [3.63, 3.8) is 0 Å². The number of benzene rings is 3. The molecule has 10 nitrogen and oxygen atoms in total. The number of carbonyl (C=O) groups excluding carboxylic acids is 1. The lowest BCUT2D eigenvalue weighted by Gasteiger charge is -2.32. The van der Waals surface area contributed by atoms with Crippen molar-refractivity contribution in [2.45, 2.75) is 77.4 Å². The van der Waals surface area contributed by atoms with E-state index in [4.69, 9.17) is 13.9 Å². The molecule has 47 heavy (non-hydrogen) atoms. The van der Waals surface area contributed by atoms with E-state index in [0.717, 1.165) is 34.5 Å². The zero-order valence-electron chi connectivity index (χ0n) is 28.4. The molecule has 0 aliphatic rings. The molecule has 0 bridgehead atoms. The average molecular weight is 663 g/mol. The van der Waals surface area contributed by atoms with Crippen LogP contribution < -0.4 is 20.1 Å². The van der Waals surface area contributed by atoms with Gasteiger partial charge < -0.3 is 44.8 Å². The predicted octanol–water partition coefficient (Wildman–Crippen LogP) is 6.11. The van der Waals surface area contributed by atoms with E-state index in [1.807, 2.05) is 24.3 Å². The van der Waals surface area contributed by atoms with Crippen molar-refractivity contribution in [1.82, 2.24) is 15.6 Å². The van der Waals surface area contributed by atoms with E-state index in [0.29, 0.717) is 29.1 Å². The lowest BCUT2D eigenvalue weighted by Crippen LogP contribution is -2.37. The van der Waals surface area contributed by atoms with Gasteiger partial charge in [-0.2, -0.15) is 0 Å². The number of hydrogen-bond donors (Lipinski definition) is 6. The molecule has 0 saturated carbocycles. The summed E-state index contributed by atoms with van der Waals surface area (Å²) in [4.78, 5) is 16.3. The van der Waals surface area contributed by atoms with Crippen LogP contribution in [0.5, 0.6) is 23.0 Å². The molecule has 11 heteroatoms. The minimum Gasteiger partial charge on any atom is -0.508 e. The minimum absolute atomic E-state index is 0.0323. The third-order valence-electron chi connectivity index (χ3n) is 8.26. The first kappa shape index (κ1) is 35.8. The molecule has 1 heterocycles. The van der Waals surface area contributed by atoms with Crippen LogP contribution in [0.25, 0.3) is 10.9 Å². The van der Waals surface area contributed by atoms with Crippen LogP contribution in [-0.2, 0) is 24.0 Å². The summed E-state index contributed by atoms with van der Waals surface area (Å²) in [7, 11) is 1.81. The van der Waals surface area contributed by atoms with E-state index >= 15 is 0 Å². The maximum Gasteiger partial charge on any atom is 0.268 e. The van der Waals surface area contributed by atoms with E-state index in [1.54, 1.807) is 12.1 Å². The quantitative estimate of drug-likeness (QED) is 0.0837. The van der Waals surface area contributed by atoms with E-state index in [-0.39, 0.29) is 53.5 Å². The maximum absolute atomic E-state index is 13.1. The third-order valence-corrected chi connectivity index (χ3v) is 11.1. The van der Waals surface area contributed by atoms with Gasteiger partial charge in [-0.05, 0) is 78.0 Å². The number of phenols is 2. The number of H-pyrrole nitrogens is 1. The number of nitrogens with one attached hydrogen (secondary N) is 3. The number of aromatic amines is 1. The van der Waals surface area contributed by atoms with Crippen LogP contribution in [0.15, 0.2) is 54.6 Å². The van der Waals surface area contributed by atoms with Gasteiger partial charge in [-0.25, -0.2) is 0 Å². The highest BCUT2D eigenvalue weighted by Crippen LogP contribution is 2.37. The van der Waals surface area contributed by atoms with E-state index in [2.05, 4.69) is 62.4 Å². The van der Waals surface area contributed by atoms with Gasteiger partial charge in [0.15, 0.2) is 11.5 Å². The van der Waals surface area contributed by atoms with Crippen LogP contribution in [0.1, 0.15) is 73.5 Å². The van der Waals surface area contributed by atoms with Gasteiger partial charge in [-0.1, -0.05) is 39.8 Å². The van der Waals surface area contributed by atoms with Crippen molar-refractivity contribution < 1.29 is 34.0 Å². The smallest absolute Gasteiger partial charge is 0.268 e. The van der Waals surface area contributed by atoms with Crippen LogP contribution >= 0.6 is 0 Å². The van der Waals surface area contributed by atoms with E-state index in [1.165, 1.54) is 20.3 Å². The van der Waals surface area contributed by atoms with Gasteiger partial charge in [0.1, 0.15) is 17.2 Å². The highest BCUT2D eigenvalue weighted by atomic mass is 28.3. The standard InChI is InChI=1S/C36H48N3O7Si/c1-8-47(36(3,4)5)46-33(24-10-12-30(41)26(17-24)21-40)20-37-22(2)15-23-9-11-28-25(16-23)18-29(39-28)35(43)38-19-27-32(44-6)14-13-31(42)34(27)45-7/h9-14,16-18,22,33,37,39-42H,8,15,19-21H2,1-7H3,(H,38,43). The van der Waals surface area contributed by atoms with Gasteiger partial charge in [0.05, 0.1) is 39.0 Å². The topological polar surface area (TPSA) is 145 Å². The van der Waals surface area contributed by atoms with E-state index < -0.39 is 9.04 Å². The molecule has 1 aromatic heterocycles. The van der Waals surface area contributed by atoms with Gasteiger partial charge in [0.2, 0.25) is 9.04 Å². The summed E-state index contributed by atoms with van der Waals surface area (Å²) >= 11 is 0. The molecule has 0 saturated heterocycles. The number of aromatic nitrogens is 1. The summed E-state index contributed by atoms with van der Waals surface area (Å²) in [6, 6.07) is 17.5. The Morgan fingerprint density at radius 1 is 1.00 bits per heavy atom. The lowest BCUT2D eigenvalue weighted by atomic mass is 10.0. The van der Waals surface area contributed by atoms with Crippen LogP contribution in [0, 0.1) is 0 Å². The fourth-order valence-electron chi connectivity index (χ4n) is 5.74. The zero-order valence-corrected chi connectivity index (χ0v) is 29.4. The second-order valence-electron chi connectivity index (χ2n) is 12.8. The predicted molar refractivity (Wildman–Crippen MR) is 186 cm³/mol. The first-order valence-corrected chi connectivity index (χ1v) is 17.5. The summed E-state index contributed by atoms with van der Waals surface area (Å²) in [6.07, 6.45) is 0.527. The molecule has 0 fully saturated rings. The minimum atomic E-state index is -1.16. The Morgan fingerprint density at radius 3 is 2.40 bits per heavy atom. The molecule has 6 N–H and O–H groups in total. The molecule has 4 aromatic rings. The Labute approximate surface area is 278 Å². The molecule has 0 aliphatic carbocycles. The van der Waals surface area contributed by atoms with Crippen molar-refractivity contribution in [2.75, 3.05) is 20.8 Å². The van der Waals surface area contributed by atoms with Gasteiger partial charge >= 0.3 is 0 Å². The number of carbonyl (C=O) groups is 1. The normalized spacial score (nSPS) is 13.1. The fraction of sp³-hybridized carbons (Fsp3) is 0.417. The number of aromatic hydroxyl groups is 2. The van der Waals surface area contributed by atoms with Crippen molar-refractivity contribution in [3.8, 4) is 23.0 Å². The summed E-state index contributed by atoms with van der Waals surface area (Å²) in [5.41, 5.74) is 4.34. The summed E-state index contributed by atoms with van der Waals surface area (Å²) in [5, 5.41) is 37.5. The summed E-state index contributed by atoms with van der Waals surface area (Å²) in [6.45, 7) is 11.4. The Morgan fingerprint density at radius 2 is 1.74 bits per heavy atom. The van der Waals surface area contributed by atoms with Gasteiger partial charge in [-0.15, -0.1) is 0 Å². The number of aliphatic hydroxyl groups excluding tert-OH is 1. The molecule has 253 valence electrons. The Kier molecular flexibility index (Phi) is 12.0. The second-order valence-corrected chi connectivity index (χ2v) is 16.1. The zero-order chi connectivity index (χ0) is 34.3. The first-order chi connectivity index (χ1) is 22.4. The van der Waals surface area contributed by atoms with Crippen LogP contribution in [0.4, 0.5) is 0 Å². The van der Waals surface area contributed by atoms with Gasteiger partial charge in [0.25, 0.3) is 5.91 Å². The lowest BCUT2D eigenvalue weighted by molar-refractivity contribution is 0.0946.